The molecule has 2 heterocycles. The van der Waals surface area contributed by atoms with Crippen molar-refractivity contribution in [2.75, 3.05) is 0 Å². The Hall–Kier alpha value is -1.72. The maximum atomic E-state index is 10.5. The lowest BCUT2D eigenvalue weighted by molar-refractivity contribution is 0.0740. The molecule has 1 atom stereocenters. The third-order valence-electron chi connectivity index (χ3n) is 5.32. The maximum absolute atomic E-state index is 10.5. The van der Waals surface area contributed by atoms with Crippen molar-refractivity contribution in [1.29, 1.82) is 0 Å². The van der Waals surface area contributed by atoms with Crippen LogP contribution in [-0.4, -0.2) is 19.6 Å². The Balaban J connectivity index is 1.97. The maximum Gasteiger partial charge on any atom is 0.161 e. The van der Waals surface area contributed by atoms with Gasteiger partial charge in [-0.15, -0.1) is 0 Å². The van der Waals surface area contributed by atoms with E-state index < -0.39 is 5.60 Å². The molecule has 3 aromatic rings. The summed E-state index contributed by atoms with van der Waals surface area (Å²) in [6, 6.07) is 8.76. The fourth-order valence-corrected chi connectivity index (χ4v) is 4.39. The summed E-state index contributed by atoms with van der Waals surface area (Å²) >= 11 is 3.58. The van der Waals surface area contributed by atoms with E-state index in [1.807, 2.05) is 6.07 Å². The Morgan fingerprint density at radius 1 is 1.27 bits per heavy atom. The Bertz CT molecular complexity index is 1000. The van der Waals surface area contributed by atoms with Gasteiger partial charge in [-0.25, -0.2) is 9.97 Å². The van der Waals surface area contributed by atoms with E-state index in [2.05, 4.69) is 52.5 Å². The first kappa shape index (κ1) is 17.7. The molecule has 5 heteroatoms. The van der Waals surface area contributed by atoms with Crippen molar-refractivity contribution in [1.82, 2.24) is 14.5 Å². The van der Waals surface area contributed by atoms with E-state index in [9.17, 15) is 5.11 Å². The highest BCUT2D eigenvalue weighted by Crippen LogP contribution is 2.39. The van der Waals surface area contributed by atoms with Gasteiger partial charge in [-0.05, 0) is 68.5 Å². The number of aromatic nitrogens is 3. The van der Waals surface area contributed by atoms with Gasteiger partial charge in [0, 0.05) is 10.9 Å². The zero-order valence-electron chi connectivity index (χ0n) is 15.7. The minimum atomic E-state index is -0.973. The number of fused-ring (bicyclic) bond motifs is 2. The number of nitrogens with zero attached hydrogens (tertiary/aromatic N) is 3. The molecule has 0 fully saturated rings. The zero-order valence-corrected chi connectivity index (χ0v) is 17.3. The van der Waals surface area contributed by atoms with Crippen molar-refractivity contribution < 1.29 is 5.11 Å². The van der Waals surface area contributed by atoms with Crippen LogP contribution in [0.5, 0.6) is 0 Å². The molecule has 0 aliphatic heterocycles. The first-order valence-corrected chi connectivity index (χ1v) is 9.98. The van der Waals surface area contributed by atoms with Crippen LogP contribution in [0.3, 0.4) is 0 Å². The Morgan fingerprint density at radius 3 is 2.73 bits per heavy atom. The van der Waals surface area contributed by atoms with Gasteiger partial charge >= 0.3 is 0 Å². The van der Waals surface area contributed by atoms with Crippen LogP contribution in [0.1, 0.15) is 61.4 Å². The smallest absolute Gasteiger partial charge is 0.161 e. The molecule has 4 nitrogen and oxygen atoms in total. The molecule has 0 saturated heterocycles. The van der Waals surface area contributed by atoms with Gasteiger partial charge in [0.2, 0.25) is 0 Å². The number of benzene rings is 1. The molecule has 1 aromatic carbocycles. The van der Waals surface area contributed by atoms with E-state index in [0.717, 1.165) is 46.3 Å². The minimum Gasteiger partial charge on any atom is -0.384 e. The van der Waals surface area contributed by atoms with Crippen LogP contribution in [0.15, 0.2) is 28.7 Å². The second-order valence-corrected chi connectivity index (χ2v) is 8.62. The largest absolute Gasteiger partial charge is 0.384 e. The van der Waals surface area contributed by atoms with Gasteiger partial charge in [0.1, 0.15) is 16.9 Å². The monoisotopic (exact) mass is 413 g/mol. The number of rotatable bonds is 3. The molecule has 0 spiro atoms. The molecule has 4 rings (SSSR count). The predicted octanol–water partition coefficient (Wildman–Crippen LogP) is 4.83. The highest BCUT2D eigenvalue weighted by Gasteiger charge is 2.29. The molecule has 136 valence electrons. The topological polar surface area (TPSA) is 50.9 Å². The number of aliphatic hydroxyl groups is 1. The van der Waals surface area contributed by atoms with Crippen LogP contribution >= 0.6 is 15.9 Å². The van der Waals surface area contributed by atoms with Gasteiger partial charge in [-0.1, -0.05) is 28.9 Å². The van der Waals surface area contributed by atoms with Gasteiger partial charge < -0.3 is 9.67 Å². The summed E-state index contributed by atoms with van der Waals surface area (Å²) in [4.78, 5) is 9.75. The molecule has 0 saturated carbocycles. The van der Waals surface area contributed by atoms with Crippen molar-refractivity contribution >= 4 is 27.1 Å². The molecule has 0 radical (unpaired) electrons. The first-order valence-electron chi connectivity index (χ1n) is 9.19. The standard InChI is InChI=1S/C21H24BrN3O/c1-5-18-24-19-12(2)10-17(21(3,4)26)23-20(19)25(18)16-9-6-13-11-14(22)7-8-15(13)16/h7-8,10-11,16,26H,5-6,9H2,1-4H3. The van der Waals surface area contributed by atoms with Crippen LogP contribution in [-0.2, 0) is 18.4 Å². The lowest BCUT2D eigenvalue weighted by Crippen LogP contribution is -2.19. The summed E-state index contributed by atoms with van der Waals surface area (Å²) < 4.78 is 3.43. The number of aryl methyl sites for hydroxylation is 3. The quantitative estimate of drug-likeness (QED) is 0.668. The highest BCUT2D eigenvalue weighted by molar-refractivity contribution is 9.10. The first-order chi connectivity index (χ1) is 12.3. The van der Waals surface area contributed by atoms with Gasteiger partial charge in [0.05, 0.1) is 11.7 Å². The Kier molecular flexibility index (Phi) is 4.20. The summed E-state index contributed by atoms with van der Waals surface area (Å²) in [5.41, 5.74) is 5.37. The number of imidazole rings is 1. The van der Waals surface area contributed by atoms with E-state index in [0.29, 0.717) is 5.69 Å². The third kappa shape index (κ3) is 2.78. The van der Waals surface area contributed by atoms with E-state index in [4.69, 9.17) is 9.97 Å². The Morgan fingerprint density at radius 2 is 2.04 bits per heavy atom. The van der Waals surface area contributed by atoms with Gasteiger partial charge in [-0.2, -0.15) is 0 Å². The average Bonchev–Trinajstić information content (AvgIpc) is 3.14. The normalized spacial score (nSPS) is 17.1. The lowest BCUT2D eigenvalue weighted by atomic mass is 10.0. The average molecular weight is 414 g/mol. The summed E-state index contributed by atoms with van der Waals surface area (Å²) in [5, 5.41) is 10.5. The summed E-state index contributed by atoms with van der Waals surface area (Å²) in [6.45, 7) is 7.76. The van der Waals surface area contributed by atoms with E-state index in [1.165, 1.54) is 11.1 Å². The van der Waals surface area contributed by atoms with Crippen molar-refractivity contribution in [2.45, 2.75) is 58.6 Å². The molecular weight excluding hydrogens is 390 g/mol. The molecule has 0 amide bonds. The number of halogens is 1. The van der Waals surface area contributed by atoms with E-state index >= 15 is 0 Å². The summed E-state index contributed by atoms with van der Waals surface area (Å²) in [5.74, 6) is 1.06. The number of pyridine rings is 1. The van der Waals surface area contributed by atoms with Crippen molar-refractivity contribution in [3.05, 3.63) is 56.9 Å². The minimum absolute atomic E-state index is 0.252. The van der Waals surface area contributed by atoms with Crippen molar-refractivity contribution in [2.24, 2.45) is 0 Å². The number of hydrogen-bond donors (Lipinski definition) is 1. The van der Waals surface area contributed by atoms with Crippen LogP contribution in [0.25, 0.3) is 11.2 Å². The molecule has 0 bridgehead atoms. The fraction of sp³-hybridized carbons (Fsp3) is 0.429. The molecule has 1 aliphatic carbocycles. The van der Waals surface area contributed by atoms with Crippen LogP contribution in [0, 0.1) is 6.92 Å². The van der Waals surface area contributed by atoms with Crippen LogP contribution in [0.4, 0.5) is 0 Å². The van der Waals surface area contributed by atoms with Crippen LogP contribution in [0.2, 0.25) is 0 Å². The second kappa shape index (κ2) is 6.17. The zero-order chi connectivity index (χ0) is 18.6. The van der Waals surface area contributed by atoms with Gasteiger partial charge in [0.25, 0.3) is 0 Å². The third-order valence-corrected chi connectivity index (χ3v) is 5.81. The van der Waals surface area contributed by atoms with E-state index in [-0.39, 0.29) is 6.04 Å². The predicted molar refractivity (Wildman–Crippen MR) is 107 cm³/mol. The van der Waals surface area contributed by atoms with Gasteiger partial charge in [0.15, 0.2) is 5.65 Å². The Labute approximate surface area is 162 Å². The summed E-state index contributed by atoms with van der Waals surface area (Å²) in [7, 11) is 0. The SMILES string of the molecule is CCc1nc2c(C)cc(C(C)(C)O)nc2n1C1CCc2cc(Br)ccc21. The molecular formula is C21H24BrN3O. The summed E-state index contributed by atoms with van der Waals surface area (Å²) in [6.07, 6.45) is 2.97. The van der Waals surface area contributed by atoms with E-state index in [1.54, 1.807) is 13.8 Å². The molecule has 1 aliphatic rings. The molecule has 1 unspecified atom stereocenters. The number of hydrogen-bond acceptors (Lipinski definition) is 3. The molecule has 26 heavy (non-hydrogen) atoms. The molecule has 1 N–H and O–H groups in total. The molecule has 2 aromatic heterocycles. The second-order valence-electron chi connectivity index (χ2n) is 7.70. The van der Waals surface area contributed by atoms with Crippen molar-refractivity contribution in [3.8, 4) is 0 Å². The highest BCUT2D eigenvalue weighted by atomic mass is 79.9. The van der Waals surface area contributed by atoms with Gasteiger partial charge in [-0.3, -0.25) is 0 Å². The lowest BCUT2D eigenvalue weighted by Gasteiger charge is -2.20. The fourth-order valence-electron chi connectivity index (χ4n) is 3.98. The van der Waals surface area contributed by atoms with Crippen molar-refractivity contribution in [3.63, 3.8) is 0 Å². The van der Waals surface area contributed by atoms with Crippen LogP contribution < -0.4 is 0 Å².